The molecule has 1 aromatic carbocycles. The van der Waals surface area contributed by atoms with Crippen LogP contribution < -0.4 is 10.9 Å². The Kier molecular flexibility index (Phi) is 6.62. The molecule has 0 aliphatic rings. The van der Waals surface area contributed by atoms with Crippen molar-refractivity contribution in [3.63, 3.8) is 0 Å². The fourth-order valence-corrected chi connectivity index (χ4v) is 4.47. The number of pyridine rings is 1. The predicted molar refractivity (Wildman–Crippen MR) is 140 cm³/mol. The minimum atomic E-state index is -0.171. The van der Waals surface area contributed by atoms with E-state index in [4.69, 9.17) is 11.6 Å². The first kappa shape index (κ1) is 24.4. The number of fused-ring (bicyclic) bond motifs is 3. The number of aromatic nitrogens is 7. The maximum absolute atomic E-state index is 13.2. The summed E-state index contributed by atoms with van der Waals surface area (Å²) in [5.41, 5.74) is 5.63. The maximum atomic E-state index is 13.2. The third-order valence-electron chi connectivity index (χ3n) is 5.81. The second-order valence-corrected chi connectivity index (χ2v) is 8.66. The van der Waals surface area contributed by atoms with Gasteiger partial charge in [-0.15, -0.1) is 5.10 Å². The van der Waals surface area contributed by atoms with Gasteiger partial charge in [0, 0.05) is 14.1 Å². The number of hydrogen-bond donors (Lipinski definition) is 1. The quantitative estimate of drug-likeness (QED) is 0.360. The summed E-state index contributed by atoms with van der Waals surface area (Å²) in [5, 5.41) is 8.92. The van der Waals surface area contributed by atoms with E-state index in [0.29, 0.717) is 22.1 Å². The molecule has 1 atom stereocenters. The number of nitrogens with one attached hydrogen (secondary N) is 1. The fraction of sp³-hybridized carbons (Fsp3) is 0.320. The fourth-order valence-electron chi connectivity index (χ4n) is 4.33. The first-order valence-electron chi connectivity index (χ1n) is 11.5. The Balaban J connectivity index is 0.00000141. The van der Waals surface area contributed by atoms with Gasteiger partial charge in [0.2, 0.25) is 5.82 Å². The molecule has 35 heavy (non-hydrogen) atoms. The van der Waals surface area contributed by atoms with Gasteiger partial charge in [-0.05, 0) is 50.1 Å². The molecular formula is C25H29ClN8O. The molecule has 0 radical (unpaired) electrons. The largest absolute Gasteiger partial charge is 0.377 e. The van der Waals surface area contributed by atoms with Crippen molar-refractivity contribution >= 4 is 33.8 Å². The Labute approximate surface area is 208 Å². The van der Waals surface area contributed by atoms with Crippen molar-refractivity contribution in [3.05, 3.63) is 69.2 Å². The molecule has 9 nitrogen and oxygen atoms in total. The zero-order chi connectivity index (χ0) is 25.4. The summed E-state index contributed by atoms with van der Waals surface area (Å²) in [4.78, 5) is 26.5. The summed E-state index contributed by atoms with van der Waals surface area (Å²) < 4.78 is 5.26. The molecular weight excluding hydrogens is 464 g/mol. The third kappa shape index (κ3) is 4.27. The summed E-state index contributed by atoms with van der Waals surface area (Å²) in [6.45, 7) is 9.94. The van der Waals surface area contributed by atoms with E-state index in [1.165, 1.54) is 0 Å². The number of nitrogens with zero attached hydrogens (tertiary/aromatic N) is 7. The van der Waals surface area contributed by atoms with Crippen molar-refractivity contribution in [2.45, 2.75) is 40.7 Å². The van der Waals surface area contributed by atoms with Crippen molar-refractivity contribution in [1.82, 2.24) is 33.7 Å². The standard InChI is InChI=1S/C23H23ClN8O.C2H6/c1-12-8-15(20-16(9-12)23(33)31(5)22-14(3)25-11-32(20)22)13(2)27-17-6-7-18(24)28-19(17)21-26-10-30(4)29-21;1-2/h6-11,13,27H,1-5H3;1-2H3. The summed E-state index contributed by atoms with van der Waals surface area (Å²) in [5.74, 6) is 0.477. The number of anilines is 1. The molecule has 1 N–H and O–H groups in total. The number of benzene rings is 1. The van der Waals surface area contributed by atoms with Crippen LogP contribution in [0.2, 0.25) is 5.15 Å². The lowest BCUT2D eigenvalue weighted by Crippen LogP contribution is -2.21. The molecule has 1 unspecified atom stereocenters. The van der Waals surface area contributed by atoms with E-state index in [-0.39, 0.29) is 11.6 Å². The van der Waals surface area contributed by atoms with Gasteiger partial charge in [-0.25, -0.2) is 15.0 Å². The van der Waals surface area contributed by atoms with Gasteiger partial charge in [-0.3, -0.25) is 18.4 Å². The topological polar surface area (TPSA) is 94.9 Å². The summed E-state index contributed by atoms with van der Waals surface area (Å²) >= 11 is 6.18. The van der Waals surface area contributed by atoms with Gasteiger partial charge in [-0.2, -0.15) is 0 Å². The highest BCUT2D eigenvalue weighted by Crippen LogP contribution is 2.32. The molecule has 0 aliphatic carbocycles. The SMILES string of the molecule is CC.Cc1cc(C(C)Nc2ccc(Cl)nc2-c2ncn(C)n2)c2c(c1)c(=O)n(C)c1c(C)ncn21. The average molecular weight is 493 g/mol. The van der Waals surface area contributed by atoms with Crippen LogP contribution in [0.3, 0.4) is 0 Å². The van der Waals surface area contributed by atoms with Gasteiger partial charge in [-0.1, -0.05) is 31.5 Å². The average Bonchev–Trinajstić information content (AvgIpc) is 3.45. The van der Waals surface area contributed by atoms with Crippen LogP contribution >= 0.6 is 11.6 Å². The highest BCUT2D eigenvalue weighted by atomic mass is 35.5. The Morgan fingerprint density at radius 2 is 1.80 bits per heavy atom. The maximum Gasteiger partial charge on any atom is 0.261 e. The molecule has 0 aliphatic heterocycles. The summed E-state index contributed by atoms with van der Waals surface area (Å²) in [6.07, 6.45) is 3.39. The van der Waals surface area contributed by atoms with E-state index in [2.05, 4.69) is 31.4 Å². The van der Waals surface area contributed by atoms with Crippen LogP contribution in [0, 0.1) is 13.8 Å². The lowest BCUT2D eigenvalue weighted by molar-refractivity contribution is 0.767. The summed E-state index contributed by atoms with van der Waals surface area (Å²) in [6, 6.07) is 7.44. The normalized spacial score (nSPS) is 12.0. The third-order valence-corrected chi connectivity index (χ3v) is 6.02. The van der Waals surface area contributed by atoms with E-state index >= 15 is 0 Å². The molecule has 0 saturated heterocycles. The number of aryl methyl sites for hydroxylation is 4. The lowest BCUT2D eigenvalue weighted by Gasteiger charge is -2.21. The number of rotatable bonds is 4. The van der Waals surface area contributed by atoms with Crippen LogP contribution in [0.25, 0.3) is 28.1 Å². The van der Waals surface area contributed by atoms with Crippen LogP contribution in [-0.4, -0.2) is 33.7 Å². The zero-order valence-corrected chi connectivity index (χ0v) is 21.7. The van der Waals surface area contributed by atoms with Gasteiger partial charge in [0.1, 0.15) is 29.1 Å². The monoisotopic (exact) mass is 492 g/mol. The second kappa shape index (κ2) is 9.50. The Morgan fingerprint density at radius 3 is 2.49 bits per heavy atom. The second-order valence-electron chi connectivity index (χ2n) is 8.28. The van der Waals surface area contributed by atoms with Crippen molar-refractivity contribution < 1.29 is 0 Å². The Bertz CT molecular complexity index is 1600. The van der Waals surface area contributed by atoms with E-state index < -0.39 is 0 Å². The van der Waals surface area contributed by atoms with Crippen LogP contribution in [-0.2, 0) is 14.1 Å². The minimum Gasteiger partial charge on any atom is -0.377 e. The molecule has 10 heteroatoms. The van der Waals surface area contributed by atoms with Crippen molar-refractivity contribution in [1.29, 1.82) is 0 Å². The summed E-state index contributed by atoms with van der Waals surface area (Å²) in [7, 11) is 3.58. The Morgan fingerprint density at radius 1 is 1.06 bits per heavy atom. The van der Waals surface area contributed by atoms with Gasteiger partial charge in [0.15, 0.2) is 0 Å². The molecule has 0 bridgehead atoms. The van der Waals surface area contributed by atoms with Crippen LogP contribution in [0.1, 0.15) is 43.6 Å². The van der Waals surface area contributed by atoms with Crippen LogP contribution in [0.4, 0.5) is 5.69 Å². The van der Waals surface area contributed by atoms with Crippen molar-refractivity contribution in [2.24, 2.45) is 14.1 Å². The van der Waals surface area contributed by atoms with E-state index in [0.717, 1.165) is 33.7 Å². The van der Waals surface area contributed by atoms with Crippen LogP contribution in [0.5, 0.6) is 0 Å². The van der Waals surface area contributed by atoms with Crippen LogP contribution in [0.15, 0.2) is 41.7 Å². The van der Waals surface area contributed by atoms with Gasteiger partial charge in [0.05, 0.1) is 28.3 Å². The lowest BCUT2D eigenvalue weighted by atomic mass is 10.0. The highest BCUT2D eigenvalue weighted by molar-refractivity contribution is 6.29. The molecule has 0 fully saturated rings. The van der Waals surface area contributed by atoms with Gasteiger partial charge < -0.3 is 5.32 Å². The van der Waals surface area contributed by atoms with E-state index in [1.54, 1.807) is 42.1 Å². The molecule has 4 aromatic heterocycles. The minimum absolute atomic E-state index is 0.0511. The Hall–Kier alpha value is -3.72. The molecule has 5 aromatic rings. The first-order valence-corrected chi connectivity index (χ1v) is 11.9. The molecule has 0 amide bonds. The molecule has 0 saturated carbocycles. The van der Waals surface area contributed by atoms with Crippen molar-refractivity contribution in [2.75, 3.05) is 5.32 Å². The first-order chi connectivity index (χ1) is 16.7. The van der Waals surface area contributed by atoms with E-state index in [1.807, 2.05) is 51.2 Å². The molecule has 182 valence electrons. The molecule has 4 heterocycles. The highest BCUT2D eigenvalue weighted by Gasteiger charge is 2.20. The number of imidazole rings is 1. The van der Waals surface area contributed by atoms with E-state index in [9.17, 15) is 4.79 Å². The van der Waals surface area contributed by atoms with Crippen molar-refractivity contribution in [3.8, 4) is 11.5 Å². The smallest absolute Gasteiger partial charge is 0.261 e. The molecule has 5 rings (SSSR count). The van der Waals surface area contributed by atoms with Gasteiger partial charge in [0.25, 0.3) is 5.56 Å². The number of halogens is 1. The number of hydrogen-bond acceptors (Lipinski definition) is 6. The zero-order valence-electron chi connectivity index (χ0n) is 21.0. The molecule has 0 spiro atoms. The van der Waals surface area contributed by atoms with Gasteiger partial charge >= 0.3 is 0 Å². The predicted octanol–water partition coefficient (Wildman–Crippen LogP) is 4.85.